The molecule has 94 valence electrons. The van der Waals surface area contributed by atoms with Gasteiger partial charge in [0.2, 0.25) is 0 Å². The smallest absolute Gasteiger partial charge is 0.148 e. The lowest BCUT2D eigenvalue weighted by Crippen LogP contribution is -2.04. The number of thiophene rings is 1. The monoisotopic (exact) mass is 404 g/mol. The highest BCUT2D eigenvalue weighted by molar-refractivity contribution is 9.10. The van der Waals surface area contributed by atoms with Crippen LogP contribution in [0.15, 0.2) is 49.6 Å². The fourth-order valence-electron chi connectivity index (χ4n) is 1.39. The molecule has 0 saturated carbocycles. The minimum absolute atomic E-state index is 0.261. The summed E-state index contributed by atoms with van der Waals surface area (Å²) in [5.41, 5.74) is 0. The molecule has 0 aliphatic carbocycles. The van der Waals surface area contributed by atoms with Gasteiger partial charge in [-0.3, -0.25) is 4.79 Å². The molecule has 0 fully saturated rings. The second-order valence-electron chi connectivity index (χ2n) is 3.69. The summed E-state index contributed by atoms with van der Waals surface area (Å²) >= 11 is 9.99. The van der Waals surface area contributed by atoms with E-state index in [9.17, 15) is 4.79 Å². The van der Waals surface area contributed by atoms with Gasteiger partial charge >= 0.3 is 0 Å². The molecule has 1 aromatic heterocycles. The molecule has 0 N–H and O–H groups in total. The molecule has 2 rings (SSSR count). The van der Waals surface area contributed by atoms with E-state index in [1.54, 1.807) is 23.1 Å². The molecule has 5 heteroatoms. The topological polar surface area (TPSA) is 17.1 Å². The molecule has 0 atom stereocenters. The molecule has 2 aromatic rings. The highest BCUT2D eigenvalue weighted by Gasteiger charge is 2.06. The Morgan fingerprint density at radius 1 is 1.17 bits per heavy atom. The Balaban J connectivity index is 1.83. The van der Waals surface area contributed by atoms with E-state index in [0.29, 0.717) is 12.2 Å². The van der Waals surface area contributed by atoms with Gasteiger partial charge in [-0.2, -0.15) is 0 Å². The summed E-state index contributed by atoms with van der Waals surface area (Å²) in [6.45, 7) is 0. The number of ketones is 1. The number of halogens is 2. The molecule has 0 radical (unpaired) electrons. The van der Waals surface area contributed by atoms with Gasteiger partial charge in [0, 0.05) is 30.5 Å². The van der Waals surface area contributed by atoms with Crippen LogP contribution < -0.4 is 0 Å². The summed E-state index contributed by atoms with van der Waals surface area (Å²) in [5.74, 6) is 0.786. The molecule has 0 spiro atoms. The number of hydrogen-bond donors (Lipinski definition) is 0. The largest absolute Gasteiger partial charge is 0.298 e. The first-order valence-corrected chi connectivity index (χ1v) is 8.71. The predicted molar refractivity (Wildman–Crippen MR) is 85.6 cm³/mol. The number of carbonyl (C=O) groups is 1. The Morgan fingerprint density at radius 2 is 1.89 bits per heavy atom. The van der Waals surface area contributed by atoms with Crippen molar-refractivity contribution in [1.82, 2.24) is 0 Å². The fourth-order valence-corrected chi connectivity index (χ4v) is 3.89. The van der Waals surface area contributed by atoms with Crippen molar-refractivity contribution in [1.29, 1.82) is 0 Å². The highest BCUT2D eigenvalue weighted by atomic mass is 79.9. The van der Waals surface area contributed by atoms with Crippen molar-refractivity contribution in [3.05, 3.63) is 49.5 Å². The van der Waals surface area contributed by atoms with Crippen LogP contribution in [0.2, 0.25) is 0 Å². The number of carbonyl (C=O) groups excluding carboxylic acids is 1. The standard InChI is InChI=1S/C13H10Br2OS2/c14-9-1-3-12(4-2-9)18-8-11(16)6-13-5-10(15)7-17-13/h1-5,7H,6,8H2. The van der Waals surface area contributed by atoms with Crippen LogP contribution in [0.25, 0.3) is 0 Å². The summed E-state index contributed by atoms with van der Waals surface area (Å²) in [5, 5.41) is 2.00. The zero-order valence-electron chi connectivity index (χ0n) is 9.36. The molecule has 0 aliphatic rings. The van der Waals surface area contributed by atoms with Crippen LogP contribution in [-0.2, 0) is 11.2 Å². The van der Waals surface area contributed by atoms with E-state index in [2.05, 4.69) is 31.9 Å². The zero-order chi connectivity index (χ0) is 13.0. The second kappa shape index (κ2) is 6.89. The maximum atomic E-state index is 11.8. The van der Waals surface area contributed by atoms with Crippen molar-refractivity contribution in [2.24, 2.45) is 0 Å². The maximum Gasteiger partial charge on any atom is 0.148 e. The predicted octanol–water partition coefficient (Wildman–Crippen LogP) is 5.18. The molecule has 1 aromatic carbocycles. The van der Waals surface area contributed by atoms with E-state index >= 15 is 0 Å². The first-order valence-electron chi connectivity index (χ1n) is 5.26. The third-order valence-corrected chi connectivity index (χ3v) is 5.50. The van der Waals surface area contributed by atoms with E-state index in [1.165, 1.54) is 0 Å². The number of rotatable bonds is 5. The van der Waals surface area contributed by atoms with Gasteiger partial charge in [-0.15, -0.1) is 23.1 Å². The Hall–Kier alpha value is -0.100. The number of hydrogen-bond acceptors (Lipinski definition) is 3. The van der Waals surface area contributed by atoms with E-state index in [0.717, 1.165) is 18.7 Å². The number of benzene rings is 1. The van der Waals surface area contributed by atoms with Gasteiger partial charge in [0.1, 0.15) is 5.78 Å². The van der Waals surface area contributed by atoms with E-state index in [1.807, 2.05) is 35.7 Å². The summed E-state index contributed by atoms with van der Waals surface area (Å²) in [4.78, 5) is 14.1. The number of Topliss-reactive ketones (excluding diaryl/α,β-unsaturated/α-hetero) is 1. The second-order valence-corrected chi connectivity index (χ2v) is 7.57. The van der Waals surface area contributed by atoms with Crippen LogP contribution in [0.3, 0.4) is 0 Å². The van der Waals surface area contributed by atoms with Crippen molar-refractivity contribution in [3.8, 4) is 0 Å². The minimum atomic E-state index is 0.261. The Bertz CT molecular complexity index is 534. The number of thioether (sulfide) groups is 1. The van der Waals surface area contributed by atoms with Gasteiger partial charge < -0.3 is 0 Å². The summed E-state index contributed by atoms with van der Waals surface area (Å²) < 4.78 is 2.11. The van der Waals surface area contributed by atoms with Crippen LogP contribution in [-0.4, -0.2) is 11.5 Å². The maximum absolute atomic E-state index is 11.8. The van der Waals surface area contributed by atoms with E-state index < -0.39 is 0 Å². The van der Waals surface area contributed by atoms with Crippen LogP contribution in [0.1, 0.15) is 4.88 Å². The average Bonchev–Trinajstić information content (AvgIpc) is 2.74. The van der Waals surface area contributed by atoms with Crippen molar-refractivity contribution in [2.45, 2.75) is 11.3 Å². The molecular weight excluding hydrogens is 396 g/mol. The molecule has 0 bridgehead atoms. The first-order chi connectivity index (χ1) is 8.63. The van der Waals surface area contributed by atoms with Crippen LogP contribution in [0, 0.1) is 0 Å². The molecular formula is C13H10Br2OS2. The molecule has 0 unspecified atom stereocenters. The van der Waals surface area contributed by atoms with Gasteiger partial charge in [0.15, 0.2) is 0 Å². The molecule has 0 aliphatic heterocycles. The quantitative estimate of drug-likeness (QED) is 0.637. The van der Waals surface area contributed by atoms with E-state index in [-0.39, 0.29) is 5.78 Å². The fraction of sp³-hybridized carbons (Fsp3) is 0.154. The summed E-state index contributed by atoms with van der Waals surface area (Å²) in [7, 11) is 0. The Labute approximate surface area is 131 Å². The van der Waals surface area contributed by atoms with Gasteiger partial charge in [0.25, 0.3) is 0 Å². The van der Waals surface area contributed by atoms with Crippen molar-refractivity contribution in [3.63, 3.8) is 0 Å². The van der Waals surface area contributed by atoms with Gasteiger partial charge in [-0.05, 0) is 46.3 Å². The van der Waals surface area contributed by atoms with Gasteiger partial charge in [-0.1, -0.05) is 15.9 Å². The van der Waals surface area contributed by atoms with Crippen molar-refractivity contribution < 1.29 is 4.79 Å². The first kappa shape index (κ1) is 14.3. The van der Waals surface area contributed by atoms with E-state index in [4.69, 9.17) is 0 Å². The Kier molecular flexibility index (Phi) is 5.48. The summed E-state index contributed by atoms with van der Waals surface area (Å²) in [6.07, 6.45) is 0.528. The minimum Gasteiger partial charge on any atom is -0.298 e. The van der Waals surface area contributed by atoms with Gasteiger partial charge in [0.05, 0.1) is 5.75 Å². The molecule has 0 amide bonds. The van der Waals surface area contributed by atoms with Crippen LogP contribution in [0.4, 0.5) is 0 Å². The highest BCUT2D eigenvalue weighted by Crippen LogP contribution is 2.23. The molecule has 1 nitrogen and oxygen atoms in total. The molecule has 18 heavy (non-hydrogen) atoms. The summed E-state index contributed by atoms with van der Waals surface area (Å²) in [6, 6.07) is 10.0. The molecule has 1 heterocycles. The molecule has 0 saturated heterocycles. The van der Waals surface area contributed by atoms with Crippen LogP contribution >= 0.6 is 55.0 Å². The normalized spacial score (nSPS) is 10.6. The lowest BCUT2D eigenvalue weighted by atomic mass is 10.3. The average molecular weight is 406 g/mol. The van der Waals surface area contributed by atoms with Crippen molar-refractivity contribution in [2.75, 3.05) is 5.75 Å². The lowest BCUT2D eigenvalue weighted by Gasteiger charge is -2.00. The third kappa shape index (κ3) is 4.53. The lowest BCUT2D eigenvalue weighted by molar-refractivity contribution is -0.115. The van der Waals surface area contributed by atoms with Gasteiger partial charge in [-0.25, -0.2) is 0 Å². The Morgan fingerprint density at radius 3 is 2.50 bits per heavy atom. The SMILES string of the molecule is O=C(CSc1ccc(Br)cc1)Cc1cc(Br)cs1. The van der Waals surface area contributed by atoms with Crippen molar-refractivity contribution >= 4 is 60.7 Å². The zero-order valence-corrected chi connectivity index (χ0v) is 14.2. The third-order valence-electron chi connectivity index (χ3n) is 2.21. The van der Waals surface area contributed by atoms with Crippen LogP contribution in [0.5, 0.6) is 0 Å².